The van der Waals surface area contributed by atoms with E-state index < -0.39 is 6.10 Å². The number of aliphatic hydroxyl groups is 1. The van der Waals surface area contributed by atoms with Gasteiger partial charge in [0.1, 0.15) is 5.69 Å². The first-order valence-corrected chi connectivity index (χ1v) is 10.2. The quantitative estimate of drug-likeness (QED) is 0.841. The molecule has 7 heteroatoms. The first-order chi connectivity index (χ1) is 13.9. The number of piperidine rings is 2. The third kappa shape index (κ3) is 3.92. The molecule has 1 atom stereocenters. The highest BCUT2D eigenvalue weighted by Crippen LogP contribution is 2.40. The van der Waals surface area contributed by atoms with Crippen molar-refractivity contribution >= 4 is 11.8 Å². The molecule has 154 valence electrons. The van der Waals surface area contributed by atoms with E-state index in [9.17, 15) is 14.7 Å². The van der Waals surface area contributed by atoms with Gasteiger partial charge in [-0.2, -0.15) is 5.10 Å². The van der Waals surface area contributed by atoms with Gasteiger partial charge in [-0.3, -0.25) is 14.3 Å². The van der Waals surface area contributed by atoms with Crippen LogP contribution in [0.1, 0.15) is 36.7 Å². The van der Waals surface area contributed by atoms with E-state index in [4.69, 9.17) is 0 Å². The van der Waals surface area contributed by atoms with E-state index in [0.29, 0.717) is 38.3 Å². The summed E-state index contributed by atoms with van der Waals surface area (Å²) in [6, 6.07) is 11.7. The molecule has 1 N–H and O–H groups in total. The number of hydrogen-bond donors (Lipinski definition) is 1. The maximum atomic E-state index is 13.1. The molecule has 1 unspecified atom stereocenters. The fourth-order valence-electron chi connectivity index (χ4n) is 4.72. The summed E-state index contributed by atoms with van der Waals surface area (Å²) in [5.74, 6) is -0.0122. The van der Waals surface area contributed by atoms with Gasteiger partial charge in [0.05, 0.1) is 11.8 Å². The Morgan fingerprint density at radius 1 is 1.14 bits per heavy atom. The number of aryl methyl sites for hydroxylation is 1. The minimum absolute atomic E-state index is 0.00459. The number of β-amino-alcohol motifs (C(OH)–C–C–N with tert-alkyl or cyclic N) is 1. The van der Waals surface area contributed by atoms with Gasteiger partial charge in [0.25, 0.3) is 5.91 Å². The summed E-state index contributed by atoms with van der Waals surface area (Å²) in [5, 5.41) is 14.8. The second-order valence-corrected chi connectivity index (χ2v) is 8.45. The smallest absolute Gasteiger partial charge is 0.272 e. The molecule has 0 radical (unpaired) electrons. The molecule has 2 saturated heterocycles. The third-order valence-electron chi connectivity index (χ3n) is 6.35. The molecule has 3 heterocycles. The molecule has 0 saturated carbocycles. The van der Waals surface area contributed by atoms with Gasteiger partial charge in [0, 0.05) is 45.7 Å². The van der Waals surface area contributed by atoms with Crippen LogP contribution in [-0.2, 0) is 11.8 Å². The summed E-state index contributed by atoms with van der Waals surface area (Å²) < 4.78 is 1.65. The Balaban J connectivity index is 1.46. The number of aromatic nitrogens is 2. The van der Waals surface area contributed by atoms with Crippen LogP contribution in [0.4, 0.5) is 0 Å². The topological polar surface area (TPSA) is 78.7 Å². The van der Waals surface area contributed by atoms with Gasteiger partial charge in [0.15, 0.2) is 0 Å². The van der Waals surface area contributed by atoms with Crippen molar-refractivity contribution in [3.8, 4) is 11.3 Å². The van der Waals surface area contributed by atoms with Crippen LogP contribution in [0.2, 0.25) is 0 Å². The Morgan fingerprint density at radius 2 is 1.83 bits per heavy atom. The molecule has 7 nitrogen and oxygen atoms in total. The van der Waals surface area contributed by atoms with Gasteiger partial charge in [0.2, 0.25) is 5.91 Å². The maximum absolute atomic E-state index is 13.1. The minimum atomic E-state index is -0.486. The lowest BCUT2D eigenvalue weighted by atomic mass is 9.71. The fraction of sp³-hybridized carbons (Fsp3) is 0.500. The molecule has 2 amide bonds. The van der Waals surface area contributed by atoms with E-state index in [2.05, 4.69) is 5.10 Å². The van der Waals surface area contributed by atoms with Crippen molar-refractivity contribution in [1.82, 2.24) is 19.6 Å². The summed E-state index contributed by atoms with van der Waals surface area (Å²) in [5.41, 5.74) is 2.26. The monoisotopic (exact) mass is 396 g/mol. The Hall–Kier alpha value is -2.67. The molecule has 2 aromatic rings. The first kappa shape index (κ1) is 19.6. The van der Waals surface area contributed by atoms with Crippen LogP contribution in [-0.4, -0.2) is 68.8 Å². The molecular formula is C22H28N4O3. The Kier molecular flexibility index (Phi) is 5.17. The SMILES string of the molecule is CC(=O)N1CC(O)CC2(CCN(C(=O)c3cc(-c4ccccc4)nn3C)CC2)C1. The van der Waals surface area contributed by atoms with Crippen LogP contribution in [0.15, 0.2) is 36.4 Å². The highest BCUT2D eigenvalue weighted by atomic mass is 16.3. The van der Waals surface area contributed by atoms with Crippen molar-refractivity contribution in [1.29, 1.82) is 0 Å². The average Bonchev–Trinajstić information content (AvgIpc) is 3.10. The number of carbonyl (C=O) groups is 2. The van der Waals surface area contributed by atoms with Crippen molar-refractivity contribution in [2.75, 3.05) is 26.2 Å². The van der Waals surface area contributed by atoms with Crippen molar-refractivity contribution < 1.29 is 14.7 Å². The molecule has 0 aliphatic carbocycles. The van der Waals surface area contributed by atoms with E-state index in [1.165, 1.54) is 0 Å². The molecule has 2 aliphatic rings. The number of amides is 2. The van der Waals surface area contributed by atoms with Crippen LogP contribution >= 0.6 is 0 Å². The second kappa shape index (κ2) is 7.63. The molecular weight excluding hydrogens is 368 g/mol. The Bertz CT molecular complexity index is 900. The minimum Gasteiger partial charge on any atom is -0.391 e. The van der Waals surface area contributed by atoms with Crippen molar-refractivity contribution in [3.63, 3.8) is 0 Å². The predicted octanol–water partition coefficient (Wildman–Crippen LogP) is 1.92. The molecule has 0 bridgehead atoms. The van der Waals surface area contributed by atoms with Crippen molar-refractivity contribution in [3.05, 3.63) is 42.1 Å². The number of hydrogen-bond acceptors (Lipinski definition) is 4. The van der Waals surface area contributed by atoms with E-state index >= 15 is 0 Å². The fourth-order valence-corrected chi connectivity index (χ4v) is 4.72. The molecule has 1 aromatic carbocycles. The molecule has 1 aromatic heterocycles. The third-order valence-corrected chi connectivity index (χ3v) is 6.35. The van der Waals surface area contributed by atoms with Gasteiger partial charge in [-0.15, -0.1) is 0 Å². The lowest BCUT2D eigenvalue weighted by Crippen LogP contribution is -2.55. The van der Waals surface area contributed by atoms with E-state index in [-0.39, 0.29) is 17.2 Å². The number of benzene rings is 1. The molecule has 2 aliphatic heterocycles. The largest absolute Gasteiger partial charge is 0.391 e. The maximum Gasteiger partial charge on any atom is 0.272 e. The second-order valence-electron chi connectivity index (χ2n) is 8.45. The van der Waals surface area contributed by atoms with Crippen LogP contribution in [0.3, 0.4) is 0 Å². The highest BCUT2D eigenvalue weighted by molar-refractivity contribution is 5.93. The van der Waals surface area contributed by atoms with Crippen LogP contribution in [0, 0.1) is 5.41 Å². The van der Waals surface area contributed by atoms with Crippen molar-refractivity contribution in [2.24, 2.45) is 12.5 Å². The predicted molar refractivity (Wildman–Crippen MR) is 109 cm³/mol. The van der Waals surface area contributed by atoms with Gasteiger partial charge in [-0.05, 0) is 30.7 Å². The average molecular weight is 396 g/mol. The first-order valence-electron chi connectivity index (χ1n) is 10.2. The number of aliphatic hydroxyl groups excluding tert-OH is 1. The number of rotatable bonds is 2. The van der Waals surface area contributed by atoms with Gasteiger partial charge in [-0.1, -0.05) is 30.3 Å². The van der Waals surface area contributed by atoms with Crippen LogP contribution in [0.25, 0.3) is 11.3 Å². The van der Waals surface area contributed by atoms with Crippen molar-refractivity contribution in [2.45, 2.75) is 32.3 Å². The highest BCUT2D eigenvalue weighted by Gasteiger charge is 2.43. The lowest BCUT2D eigenvalue weighted by Gasteiger charge is -2.48. The van der Waals surface area contributed by atoms with Gasteiger partial charge >= 0.3 is 0 Å². The summed E-state index contributed by atoms with van der Waals surface area (Å²) in [7, 11) is 1.80. The lowest BCUT2D eigenvalue weighted by molar-refractivity contribution is -0.137. The summed E-state index contributed by atoms with van der Waals surface area (Å²) in [6.07, 6.45) is 1.80. The van der Waals surface area contributed by atoms with E-state index in [1.807, 2.05) is 41.3 Å². The van der Waals surface area contributed by atoms with Crippen LogP contribution < -0.4 is 0 Å². The van der Waals surface area contributed by atoms with E-state index in [0.717, 1.165) is 24.1 Å². The zero-order chi connectivity index (χ0) is 20.6. The number of likely N-dealkylation sites (tertiary alicyclic amines) is 2. The zero-order valence-corrected chi connectivity index (χ0v) is 17.0. The zero-order valence-electron chi connectivity index (χ0n) is 17.0. The molecule has 2 fully saturated rings. The summed E-state index contributed by atoms with van der Waals surface area (Å²) >= 11 is 0. The van der Waals surface area contributed by atoms with E-state index in [1.54, 1.807) is 23.6 Å². The molecule has 29 heavy (non-hydrogen) atoms. The Labute approximate surface area is 170 Å². The summed E-state index contributed by atoms with van der Waals surface area (Å²) in [6.45, 7) is 3.89. The Morgan fingerprint density at radius 3 is 2.48 bits per heavy atom. The van der Waals surface area contributed by atoms with Gasteiger partial charge < -0.3 is 14.9 Å². The normalized spacial score (nSPS) is 21.4. The number of nitrogens with zero attached hydrogens (tertiary/aromatic N) is 4. The molecule has 1 spiro atoms. The standard InChI is InChI=1S/C22H28N4O3/c1-16(27)26-14-18(28)13-22(15-26)8-10-25(11-9-22)21(29)20-12-19(23-24(20)2)17-6-4-3-5-7-17/h3-7,12,18,28H,8-11,13-15H2,1-2H3. The summed E-state index contributed by atoms with van der Waals surface area (Å²) in [4.78, 5) is 28.6. The number of carbonyl (C=O) groups excluding carboxylic acids is 2. The van der Waals surface area contributed by atoms with Crippen LogP contribution in [0.5, 0.6) is 0 Å². The molecule has 4 rings (SSSR count). The van der Waals surface area contributed by atoms with Gasteiger partial charge in [-0.25, -0.2) is 0 Å².